The minimum absolute atomic E-state index is 0.599. The highest BCUT2D eigenvalue weighted by molar-refractivity contribution is 5.47. The van der Waals surface area contributed by atoms with Crippen LogP contribution in [0.4, 0.5) is 5.82 Å². The van der Waals surface area contributed by atoms with Gasteiger partial charge in [0.15, 0.2) is 0 Å². The number of rotatable bonds is 8. The van der Waals surface area contributed by atoms with Crippen molar-refractivity contribution in [3.05, 3.63) is 42.2 Å². The van der Waals surface area contributed by atoms with Gasteiger partial charge in [-0.05, 0) is 32.4 Å². The fourth-order valence-corrected chi connectivity index (χ4v) is 1.88. The van der Waals surface area contributed by atoms with Crippen LogP contribution >= 0.6 is 0 Å². The minimum atomic E-state index is 0.599. The fraction of sp³-hybridized carbons (Fsp3) is 0.375. The van der Waals surface area contributed by atoms with Crippen LogP contribution in [-0.2, 0) is 0 Å². The summed E-state index contributed by atoms with van der Waals surface area (Å²) in [6, 6.07) is 9.81. The van der Waals surface area contributed by atoms with E-state index in [1.54, 1.807) is 0 Å². The average Bonchev–Trinajstić information content (AvgIpc) is 2.51. The Kier molecular flexibility index (Phi) is 5.82. The second kappa shape index (κ2) is 8.09. The van der Waals surface area contributed by atoms with E-state index >= 15 is 0 Å². The summed E-state index contributed by atoms with van der Waals surface area (Å²) in [7, 11) is 0. The zero-order valence-electron chi connectivity index (χ0n) is 12.5. The highest BCUT2D eigenvalue weighted by Crippen LogP contribution is 2.20. The topological polar surface area (TPSA) is 56.3 Å². The summed E-state index contributed by atoms with van der Waals surface area (Å²) in [4.78, 5) is 8.35. The molecule has 0 aliphatic rings. The van der Waals surface area contributed by atoms with Crippen LogP contribution in [0.1, 0.15) is 18.9 Å². The number of anilines is 1. The van der Waals surface area contributed by atoms with Gasteiger partial charge in [0.2, 0.25) is 5.88 Å². The third-order valence-corrected chi connectivity index (χ3v) is 2.94. The molecule has 1 N–H and O–H groups in total. The molecule has 1 aromatic heterocycles. The van der Waals surface area contributed by atoms with Gasteiger partial charge in [0.05, 0.1) is 18.8 Å². The van der Waals surface area contributed by atoms with Crippen LogP contribution in [0.15, 0.2) is 36.7 Å². The maximum atomic E-state index is 5.64. The molecule has 21 heavy (non-hydrogen) atoms. The van der Waals surface area contributed by atoms with Crippen molar-refractivity contribution in [1.29, 1.82) is 0 Å². The van der Waals surface area contributed by atoms with Gasteiger partial charge in [-0.1, -0.05) is 18.2 Å². The van der Waals surface area contributed by atoms with Crippen molar-refractivity contribution >= 4 is 5.82 Å². The fourth-order valence-electron chi connectivity index (χ4n) is 1.88. The molecule has 0 unspecified atom stereocenters. The van der Waals surface area contributed by atoms with Gasteiger partial charge in [-0.2, -0.15) is 0 Å². The first kappa shape index (κ1) is 15.1. The maximum absolute atomic E-state index is 5.64. The van der Waals surface area contributed by atoms with E-state index in [2.05, 4.69) is 15.3 Å². The largest absolute Gasteiger partial charge is 0.494 e. The lowest BCUT2D eigenvalue weighted by molar-refractivity contribution is 0.315. The molecule has 2 aromatic rings. The number of hydrogen-bond acceptors (Lipinski definition) is 5. The summed E-state index contributed by atoms with van der Waals surface area (Å²) in [6.45, 7) is 5.95. The lowest BCUT2D eigenvalue weighted by atomic mass is 10.3. The monoisotopic (exact) mass is 287 g/mol. The van der Waals surface area contributed by atoms with E-state index in [1.807, 2.05) is 44.2 Å². The quantitative estimate of drug-likeness (QED) is 0.756. The lowest BCUT2D eigenvalue weighted by Gasteiger charge is -2.11. The third kappa shape index (κ3) is 4.63. The molecular weight excluding hydrogens is 266 g/mol. The van der Waals surface area contributed by atoms with Gasteiger partial charge in [0, 0.05) is 6.54 Å². The summed E-state index contributed by atoms with van der Waals surface area (Å²) in [5.74, 6) is 2.35. The Morgan fingerprint density at radius 3 is 2.67 bits per heavy atom. The minimum Gasteiger partial charge on any atom is -0.494 e. The van der Waals surface area contributed by atoms with Crippen molar-refractivity contribution in [2.75, 3.05) is 25.1 Å². The molecule has 5 heteroatoms. The van der Waals surface area contributed by atoms with Gasteiger partial charge < -0.3 is 14.8 Å². The van der Waals surface area contributed by atoms with Crippen LogP contribution in [0.25, 0.3) is 0 Å². The summed E-state index contributed by atoms with van der Waals surface area (Å²) < 4.78 is 11.1. The van der Waals surface area contributed by atoms with Crippen molar-refractivity contribution < 1.29 is 9.47 Å². The van der Waals surface area contributed by atoms with E-state index in [0.29, 0.717) is 19.1 Å². The molecule has 112 valence electrons. The van der Waals surface area contributed by atoms with E-state index < -0.39 is 0 Å². The molecule has 1 heterocycles. The number of aromatic nitrogens is 2. The third-order valence-electron chi connectivity index (χ3n) is 2.94. The van der Waals surface area contributed by atoms with E-state index in [0.717, 1.165) is 30.1 Å². The summed E-state index contributed by atoms with van der Waals surface area (Å²) in [6.07, 6.45) is 2.41. The number of nitrogens with one attached hydrogen (secondary N) is 1. The summed E-state index contributed by atoms with van der Waals surface area (Å²) in [5, 5.41) is 3.29. The Balaban J connectivity index is 1.75. The SMILES string of the molecule is CCOc1ncnc(NCCCOc2ccccc2)c1C. The number of para-hydroxylation sites is 1. The number of benzene rings is 1. The second-order valence-corrected chi connectivity index (χ2v) is 4.53. The van der Waals surface area contributed by atoms with E-state index in [1.165, 1.54) is 6.33 Å². The van der Waals surface area contributed by atoms with E-state index in [4.69, 9.17) is 9.47 Å². The second-order valence-electron chi connectivity index (χ2n) is 4.53. The van der Waals surface area contributed by atoms with E-state index in [-0.39, 0.29) is 0 Å². The first-order valence-corrected chi connectivity index (χ1v) is 7.17. The van der Waals surface area contributed by atoms with Crippen LogP contribution in [0, 0.1) is 6.92 Å². The van der Waals surface area contributed by atoms with Gasteiger partial charge in [-0.25, -0.2) is 9.97 Å². The molecule has 0 amide bonds. The normalized spacial score (nSPS) is 10.2. The summed E-state index contributed by atoms with van der Waals surface area (Å²) >= 11 is 0. The molecule has 0 spiro atoms. The van der Waals surface area contributed by atoms with Gasteiger partial charge in [-0.15, -0.1) is 0 Å². The van der Waals surface area contributed by atoms with Crippen molar-refractivity contribution in [2.45, 2.75) is 20.3 Å². The maximum Gasteiger partial charge on any atom is 0.221 e. The van der Waals surface area contributed by atoms with Crippen LogP contribution in [0.2, 0.25) is 0 Å². The molecular formula is C16H21N3O2. The molecule has 0 atom stereocenters. The summed E-state index contributed by atoms with van der Waals surface area (Å²) in [5.41, 5.74) is 0.934. The van der Waals surface area contributed by atoms with Crippen molar-refractivity contribution in [1.82, 2.24) is 9.97 Å². The Morgan fingerprint density at radius 1 is 1.10 bits per heavy atom. The molecule has 0 aliphatic heterocycles. The molecule has 5 nitrogen and oxygen atoms in total. The Hall–Kier alpha value is -2.30. The first-order chi connectivity index (χ1) is 10.3. The smallest absolute Gasteiger partial charge is 0.221 e. The molecule has 0 radical (unpaired) electrons. The van der Waals surface area contributed by atoms with Crippen LogP contribution < -0.4 is 14.8 Å². The van der Waals surface area contributed by atoms with Gasteiger partial charge >= 0.3 is 0 Å². The molecule has 2 rings (SSSR count). The van der Waals surface area contributed by atoms with Crippen LogP contribution in [-0.4, -0.2) is 29.7 Å². The van der Waals surface area contributed by atoms with Crippen molar-refractivity contribution in [2.24, 2.45) is 0 Å². The molecule has 0 aliphatic carbocycles. The van der Waals surface area contributed by atoms with E-state index in [9.17, 15) is 0 Å². The van der Waals surface area contributed by atoms with Gasteiger partial charge in [-0.3, -0.25) is 0 Å². The van der Waals surface area contributed by atoms with Gasteiger partial charge in [0.1, 0.15) is 17.9 Å². The van der Waals surface area contributed by atoms with Crippen LogP contribution in [0.5, 0.6) is 11.6 Å². The van der Waals surface area contributed by atoms with Gasteiger partial charge in [0.25, 0.3) is 0 Å². The predicted octanol–water partition coefficient (Wildman–Crippen LogP) is 3.06. The molecule has 0 fully saturated rings. The standard InChI is InChI=1S/C16H21N3O2/c1-3-20-16-13(2)15(18-12-19-16)17-10-7-11-21-14-8-5-4-6-9-14/h4-6,8-9,12H,3,7,10-11H2,1-2H3,(H,17,18,19). The Labute approximate surface area is 125 Å². The zero-order valence-corrected chi connectivity index (χ0v) is 12.5. The molecule has 0 saturated heterocycles. The highest BCUT2D eigenvalue weighted by Gasteiger charge is 2.06. The zero-order chi connectivity index (χ0) is 14.9. The lowest BCUT2D eigenvalue weighted by Crippen LogP contribution is -2.10. The number of hydrogen-bond donors (Lipinski definition) is 1. The first-order valence-electron chi connectivity index (χ1n) is 7.17. The predicted molar refractivity (Wildman–Crippen MR) is 83.0 cm³/mol. The Morgan fingerprint density at radius 2 is 1.90 bits per heavy atom. The number of ether oxygens (including phenoxy) is 2. The molecule has 0 saturated carbocycles. The van der Waals surface area contributed by atoms with Crippen LogP contribution in [0.3, 0.4) is 0 Å². The highest BCUT2D eigenvalue weighted by atomic mass is 16.5. The van der Waals surface area contributed by atoms with Crippen molar-refractivity contribution in [3.8, 4) is 11.6 Å². The van der Waals surface area contributed by atoms with Crippen molar-refractivity contribution in [3.63, 3.8) is 0 Å². The average molecular weight is 287 g/mol. The molecule has 1 aromatic carbocycles. The molecule has 0 bridgehead atoms. The Bertz CT molecular complexity index is 546. The number of nitrogens with zero attached hydrogens (tertiary/aromatic N) is 2.